The van der Waals surface area contributed by atoms with E-state index in [0.717, 1.165) is 24.5 Å². The van der Waals surface area contributed by atoms with Gasteiger partial charge in [-0.05, 0) is 17.7 Å². The van der Waals surface area contributed by atoms with Gasteiger partial charge in [0.2, 0.25) is 5.91 Å². The van der Waals surface area contributed by atoms with Crippen LogP contribution < -0.4 is 0 Å². The Morgan fingerprint density at radius 3 is 2.32 bits per heavy atom. The molecule has 1 atom stereocenters. The summed E-state index contributed by atoms with van der Waals surface area (Å²) >= 11 is 0. The van der Waals surface area contributed by atoms with Crippen molar-refractivity contribution in [3.63, 3.8) is 0 Å². The second kappa shape index (κ2) is 7.18. The van der Waals surface area contributed by atoms with Gasteiger partial charge in [0, 0.05) is 59.2 Å². The Bertz CT molecular complexity index is 658. The molecule has 1 aromatic heterocycles. The van der Waals surface area contributed by atoms with Crippen molar-refractivity contribution >= 4 is 17.8 Å². The first-order valence-electron chi connectivity index (χ1n) is 8.41. The Balaban J connectivity index is 1.50. The van der Waals surface area contributed by atoms with E-state index < -0.39 is 6.04 Å². The number of aromatic nitrogens is 1. The van der Waals surface area contributed by atoms with Crippen LogP contribution in [-0.2, 0) is 16.1 Å². The van der Waals surface area contributed by atoms with Gasteiger partial charge in [-0.1, -0.05) is 0 Å². The van der Waals surface area contributed by atoms with Gasteiger partial charge in [-0.2, -0.15) is 0 Å². The monoisotopic (exact) mass is 345 g/mol. The molecule has 4 amide bonds. The second-order valence-electron chi connectivity index (χ2n) is 6.52. The highest BCUT2D eigenvalue weighted by atomic mass is 16.2. The average molecular weight is 345 g/mol. The average Bonchev–Trinajstić information content (AvgIpc) is 2.81. The maximum Gasteiger partial charge on any atom is 0.326 e. The molecule has 0 aromatic carbocycles. The zero-order chi connectivity index (χ0) is 18.0. The van der Waals surface area contributed by atoms with E-state index in [1.807, 2.05) is 12.1 Å². The summed E-state index contributed by atoms with van der Waals surface area (Å²) in [6.45, 7) is 3.70. The van der Waals surface area contributed by atoms with Crippen molar-refractivity contribution < 1.29 is 14.4 Å². The summed E-state index contributed by atoms with van der Waals surface area (Å²) in [5.41, 5.74) is 1.20. The molecule has 8 heteroatoms. The van der Waals surface area contributed by atoms with Crippen molar-refractivity contribution in [1.82, 2.24) is 24.6 Å². The molecule has 0 radical (unpaired) electrons. The number of hydrogen-bond acceptors (Lipinski definition) is 5. The Kier molecular flexibility index (Phi) is 4.98. The number of hydrogen-bond donors (Lipinski definition) is 0. The van der Waals surface area contributed by atoms with Crippen molar-refractivity contribution in [2.75, 3.05) is 40.3 Å². The third kappa shape index (κ3) is 3.63. The number of nitrogens with zero attached hydrogens (tertiary/aromatic N) is 5. The zero-order valence-electron chi connectivity index (χ0n) is 14.6. The Morgan fingerprint density at radius 2 is 1.76 bits per heavy atom. The molecule has 0 aliphatic carbocycles. The topological polar surface area (TPSA) is 77.1 Å². The van der Waals surface area contributed by atoms with E-state index in [9.17, 15) is 14.4 Å². The van der Waals surface area contributed by atoms with Crippen LogP contribution in [0.15, 0.2) is 24.5 Å². The van der Waals surface area contributed by atoms with Crippen molar-refractivity contribution in [2.24, 2.45) is 0 Å². The largest absolute Gasteiger partial charge is 0.340 e. The van der Waals surface area contributed by atoms with Gasteiger partial charge in [-0.15, -0.1) is 0 Å². The quantitative estimate of drug-likeness (QED) is 0.719. The summed E-state index contributed by atoms with van der Waals surface area (Å²) < 4.78 is 0. The minimum Gasteiger partial charge on any atom is -0.340 e. The molecule has 1 unspecified atom stereocenters. The summed E-state index contributed by atoms with van der Waals surface area (Å²) in [5, 5.41) is 0. The predicted molar refractivity (Wildman–Crippen MR) is 90.4 cm³/mol. The SMILES string of the molecule is CN1C(=O)C(CC(=O)N2CCN(Cc3ccncc3)CC2)N(C)C1=O. The summed E-state index contributed by atoms with van der Waals surface area (Å²) in [5.74, 6) is -0.381. The first-order chi connectivity index (χ1) is 12.0. The van der Waals surface area contributed by atoms with Gasteiger partial charge in [0.25, 0.3) is 5.91 Å². The smallest absolute Gasteiger partial charge is 0.326 e. The van der Waals surface area contributed by atoms with Crippen LogP contribution in [0, 0.1) is 0 Å². The molecule has 3 rings (SSSR count). The molecule has 2 aliphatic heterocycles. The van der Waals surface area contributed by atoms with Crippen LogP contribution in [0.3, 0.4) is 0 Å². The Labute approximate surface area is 147 Å². The lowest BCUT2D eigenvalue weighted by molar-refractivity contribution is -0.137. The van der Waals surface area contributed by atoms with Gasteiger partial charge in [0.05, 0.1) is 6.42 Å². The van der Waals surface area contributed by atoms with Gasteiger partial charge in [-0.25, -0.2) is 4.79 Å². The number of amides is 4. The van der Waals surface area contributed by atoms with Crippen LogP contribution in [0.4, 0.5) is 4.79 Å². The number of likely N-dealkylation sites (N-methyl/N-ethyl adjacent to an activating group) is 2. The van der Waals surface area contributed by atoms with E-state index in [2.05, 4.69) is 9.88 Å². The molecule has 2 fully saturated rings. The van der Waals surface area contributed by atoms with E-state index in [0.29, 0.717) is 13.1 Å². The fraction of sp³-hybridized carbons (Fsp3) is 0.529. The summed E-state index contributed by atoms with van der Waals surface area (Å²) in [6, 6.07) is 2.95. The highest BCUT2D eigenvalue weighted by Gasteiger charge is 2.42. The second-order valence-corrected chi connectivity index (χ2v) is 6.52. The zero-order valence-corrected chi connectivity index (χ0v) is 14.6. The highest BCUT2D eigenvalue weighted by molar-refractivity contribution is 6.05. The van der Waals surface area contributed by atoms with Crippen LogP contribution in [0.5, 0.6) is 0 Å². The number of carbonyl (C=O) groups is 3. The Morgan fingerprint density at radius 1 is 1.12 bits per heavy atom. The molecule has 0 saturated carbocycles. The maximum absolute atomic E-state index is 12.5. The third-order valence-corrected chi connectivity index (χ3v) is 4.92. The molecule has 8 nitrogen and oxygen atoms in total. The molecule has 2 aliphatic rings. The van der Waals surface area contributed by atoms with Crippen molar-refractivity contribution in [3.8, 4) is 0 Å². The molecule has 1 aromatic rings. The van der Waals surface area contributed by atoms with E-state index in [4.69, 9.17) is 0 Å². The van der Waals surface area contributed by atoms with Crippen molar-refractivity contribution in [1.29, 1.82) is 0 Å². The van der Waals surface area contributed by atoms with Crippen LogP contribution in [0.1, 0.15) is 12.0 Å². The summed E-state index contributed by atoms with van der Waals surface area (Å²) in [4.78, 5) is 46.9. The van der Waals surface area contributed by atoms with E-state index >= 15 is 0 Å². The standard InChI is InChI=1S/C17H23N5O3/c1-19-14(16(24)20(2)17(19)25)11-15(23)22-9-7-21(8-10-22)12-13-3-5-18-6-4-13/h3-6,14H,7-12H2,1-2H3. The highest BCUT2D eigenvalue weighted by Crippen LogP contribution is 2.18. The number of urea groups is 1. The summed E-state index contributed by atoms with van der Waals surface area (Å²) in [6.07, 6.45) is 3.61. The lowest BCUT2D eigenvalue weighted by Gasteiger charge is -2.35. The van der Waals surface area contributed by atoms with Crippen molar-refractivity contribution in [2.45, 2.75) is 19.0 Å². The number of pyridine rings is 1. The van der Waals surface area contributed by atoms with E-state index in [1.54, 1.807) is 24.3 Å². The molecule has 3 heterocycles. The van der Waals surface area contributed by atoms with Crippen LogP contribution in [-0.4, -0.2) is 88.7 Å². The maximum atomic E-state index is 12.5. The molecule has 134 valence electrons. The minimum atomic E-state index is -0.681. The van der Waals surface area contributed by atoms with Gasteiger partial charge in [0.1, 0.15) is 6.04 Å². The molecule has 25 heavy (non-hydrogen) atoms. The van der Waals surface area contributed by atoms with Gasteiger partial charge in [-0.3, -0.25) is 24.4 Å². The van der Waals surface area contributed by atoms with E-state index in [1.165, 1.54) is 17.5 Å². The molecule has 0 bridgehead atoms. The van der Waals surface area contributed by atoms with Gasteiger partial charge in [0.15, 0.2) is 0 Å². The van der Waals surface area contributed by atoms with Gasteiger partial charge >= 0.3 is 6.03 Å². The van der Waals surface area contributed by atoms with Crippen LogP contribution in [0.25, 0.3) is 0 Å². The lowest BCUT2D eigenvalue weighted by Crippen LogP contribution is -2.49. The first kappa shape index (κ1) is 17.3. The molecule has 0 N–H and O–H groups in total. The summed E-state index contributed by atoms with van der Waals surface area (Å²) in [7, 11) is 3.01. The predicted octanol–water partition coefficient (Wildman–Crippen LogP) is 0.00830. The van der Waals surface area contributed by atoms with Crippen molar-refractivity contribution in [3.05, 3.63) is 30.1 Å². The lowest BCUT2D eigenvalue weighted by atomic mass is 10.1. The van der Waals surface area contributed by atoms with Gasteiger partial charge < -0.3 is 9.80 Å². The number of carbonyl (C=O) groups excluding carboxylic acids is 3. The molecule has 2 saturated heterocycles. The molecular formula is C17H23N5O3. The number of imide groups is 1. The Hall–Kier alpha value is -2.48. The van der Waals surface area contributed by atoms with Crippen LogP contribution in [0.2, 0.25) is 0 Å². The fourth-order valence-electron chi connectivity index (χ4n) is 3.27. The normalized spacial score (nSPS) is 22.0. The number of piperazine rings is 1. The van der Waals surface area contributed by atoms with E-state index in [-0.39, 0.29) is 24.3 Å². The number of rotatable bonds is 4. The fourth-order valence-corrected chi connectivity index (χ4v) is 3.27. The molecule has 0 spiro atoms. The van der Waals surface area contributed by atoms with Crippen LogP contribution >= 0.6 is 0 Å². The molecular weight excluding hydrogens is 322 g/mol. The third-order valence-electron chi connectivity index (χ3n) is 4.92. The minimum absolute atomic E-state index is 0.0514. The first-order valence-corrected chi connectivity index (χ1v) is 8.41.